The van der Waals surface area contributed by atoms with Gasteiger partial charge in [-0.05, 0) is 19.1 Å². The summed E-state index contributed by atoms with van der Waals surface area (Å²) in [6.07, 6.45) is 0. The number of carbonyl (C=O) groups is 1. The van der Waals surface area contributed by atoms with E-state index in [2.05, 4.69) is 15.3 Å². The van der Waals surface area contributed by atoms with Crippen molar-refractivity contribution in [2.24, 2.45) is 0 Å². The van der Waals surface area contributed by atoms with Crippen molar-refractivity contribution in [2.75, 3.05) is 11.1 Å². The number of nitro benzene ring substituents is 1. The van der Waals surface area contributed by atoms with Crippen molar-refractivity contribution in [3.63, 3.8) is 0 Å². The van der Waals surface area contributed by atoms with Gasteiger partial charge in [-0.3, -0.25) is 24.7 Å². The number of rotatable bonds is 3. The number of carbonyl (C=O) groups excluding carboxylic acids is 1. The van der Waals surface area contributed by atoms with Gasteiger partial charge in [-0.15, -0.1) is 0 Å². The predicted octanol–water partition coefficient (Wildman–Crippen LogP) is 0.821. The van der Waals surface area contributed by atoms with E-state index in [1.807, 2.05) is 0 Å². The van der Waals surface area contributed by atoms with Gasteiger partial charge in [-0.25, -0.2) is 4.98 Å². The average molecular weight is 289 g/mol. The molecule has 2 aromatic rings. The molecule has 0 aliphatic heterocycles. The smallest absolute Gasteiger partial charge is 0.276 e. The average Bonchev–Trinajstić information content (AvgIpc) is 2.42. The van der Waals surface area contributed by atoms with Crippen molar-refractivity contribution < 1.29 is 9.72 Å². The fourth-order valence-corrected chi connectivity index (χ4v) is 1.68. The number of hydrogen-bond donors (Lipinski definition) is 3. The predicted molar refractivity (Wildman–Crippen MR) is 75.1 cm³/mol. The summed E-state index contributed by atoms with van der Waals surface area (Å²) >= 11 is 0. The molecule has 0 unspecified atom stereocenters. The molecule has 2 rings (SSSR count). The summed E-state index contributed by atoms with van der Waals surface area (Å²) in [5.74, 6) is -0.629. The number of nitro groups is 1. The van der Waals surface area contributed by atoms with E-state index in [-0.39, 0.29) is 28.6 Å². The van der Waals surface area contributed by atoms with Crippen LogP contribution in [-0.2, 0) is 0 Å². The highest BCUT2D eigenvalue weighted by atomic mass is 16.6. The van der Waals surface area contributed by atoms with Crippen molar-refractivity contribution >= 4 is 23.2 Å². The Morgan fingerprint density at radius 3 is 2.52 bits per heavy atom. The first kappa shape index (κ1) is 14.2. The minimum Gasteiger partial charge on any atom is -0.369 e. The third-order valence-corrected chi connectivity index (χ3v) is 2.70. The summed E-state index contributed by atoms with van der Waals surface area (Å²) in [5.41, 5.74) is 5.09. The van der Waals surface area contributed by atoms with Crippen LogP contribution in [0.1, 0.15) is 16.1 Å². The molecule has 4 N–H and O–H groups in total. The highest BCUT2D eigenvalue weighted by Crippen LogP contribution is 2.14. The van der Waals surface area contributed by atoms with Gasteiger partial charge in [-0.2, -0.15) is 0 Å². The van der Waals surface area contributed by atoms with Crippen LogP contribution in [0.4, 0.5) is 17.3 Å². The SMILES string of the molecule is Cc1nc(N)[nH]c(=O)c1NC(=O)c1ccc([N+](=O)[O-])cc1. The number of nitrogen functional groups attached to an aromatic ring is 1. The molecule has 9 heteroatoms. The van der Waals surface area contributed by atoms with Gasteiger partial charge in [0.2, 0.25) is 5.95 Å². The van der Waals surface area contributed by atoms with Crippen LogP contribution in [0.25, 0.3) is 0 Å². The van der Waals surface area contributed by atoms with Crippen LogP contribution in [0.15, 0.2) is 29.1 Å². The molecule has 9 nitrogen and oxygen atoms in total. The Hall–Kier alpha value is -3.23. The molecular weight excluding hydrogens is 278 g/mol. The fourth-order valence-electron chi connectivity index (χ4n) is 1.68. The molecule has 0 saturated heterocycles. The topological polar surface area (TPSA) is 144 Å². The van der Waals surface area contributed by atoms with Gasteiger partial charge in [-0.1, -0.05) is 0 Å². The molecule has 0 radical (unpaired) electrons. The van der Waals surface area contributed by atoms with Crippen molar-refractivity contribution in [3.05, 3.63) is 56.0 Å². The number of hydrogen-bond acceptors (Lipinski definition) is 6. The van der Waals surface area contributed by atoms with Crippen LogP contribution >= 0.6 is 0 Å². The zero-order chi connectivity index (χ0) is 15.6. The third kappa shape index (κ3) is 3.03. The summed E-state index contributed by atoms with van der Waals surface area (Å²) in [6.45, 7) is 1.52. The number of benzene rings is 1. The Morgan fingerprint density at radius 2 is 2.00 bits per heavy atom. The van der Waals surface area contributed by atoms with Gasteiger partial charge < -0.3 is 11.1 Å². The quantitative estimate of drug-likeness (QED) is 0.563. The summed E-state index contributed by atoms with van der Waals surface area (Å²) in [7, 11) is 0. The van der Waals surface area contributed by atoms with Gasteiger partial charge in [0.1, 0.15) is 5.69 Å². The van der Waals surface area contributed by atoms with Crippen LogP contribution < -0.4 is 16.6 Å². The second-order valence-electron chi connectivity index (χ2n) is 4.17. The Morgan fingerprint density at radius 1 is 1.38 bits per heavy atom. The molecule has 1 heterocycles. The first-order valence-corrected chi connectivity index (χ1v) is 5.80. The molecule has 0 saturated carbocycles. The molecule has 0 aliphatic rings. The highest BCUT2D eigenvalue weighted by molar-refractivity contribution is 6.04. The zero-order valence-corrected chi connectivity index (χ0v) is 10.9. The van der Waals surface area contributed by atoms with Gasteiger partial charge in [0.25, 0.3) is 17.2 Å². The molecule has 0 fully saturated rings. The van der Waals surface area contributed by atoms with E-state index < -0.39 is 16.4 Å². The first-order chi connectivity index (χ1) is 9.88. The number of aryl methyl sites for hydroxylation is 1. The number of amides is 1. The Bertz CT molecular complexity index is 766. The summed E-state index contributed by atoms with van der Waals surface area (Å²) in [5, 5.41) is 12.9. The summed E-state index contributed by atoms with van der Waals surface area (Å²) in [4.78, 5) is 39.8. The highest BCUT2D eigenvalue weighted by Gasteiger charge is 2.13. The molecular formula is C12H11N5O4. The van der Waals surface area contributed by atoms with Gasteiger partial charge in [0.15, 0.2) is 0 Å². The van der Waals surface area contributed by atoms with E-state index in [4.69, 9.17) is 5.73 Å². The minimum atomic E-state index is -0.579. The standard InChI is InChI=1S/C12H11N5O4/c1-6-9(11(19)16-12(13)14-6)15-10(18)7-2-4-8(5-3-7)17(20)21/h2-5H,1H3,(H,15,18)(H3,13,14,16,19). The van der Waals surface area contributed by atoms with E-state index in [0.29, 0.717) is 0 Å². The lowest BCUT2D eigenvalue weighted by molar-refractivity contribution is -0.384. The number of aromatic nitrogens is 2. The maximum absolute atomic E-state index is 12.0. The molecule has 0 atom stereocenters. The molecule has 0 aliphatic carbocycles. The number of aromatic amines is 1. The van der Waals surface area contributed by atoms with Gasteiger partial charge in [0.05, 0.1) is 10.6 Å². The van der Waals surface area contributed by atoms with E-state index in [1.165, 1.54) is 31.2 Å². The van der Waals surface area contributed by atoms with Crippen LogP contribution in [0.5, 0.6) is 0 Å². The summed E-state index contributed by atoms with van der Waals surface area (Å²) in [6, 6.07) is 4.99. The number of anilines is 2. The lowest BCUT2D eigenvalue weighted by Crippen LogP contribution is -2.23. The Balaban J connectivity index is 2.26. The lowest BCUT2D eigenvalue weighted by Gasteiger charge is -2.07. The Labute approximate surface area is 118 Å². The monoisotopic (exact) mass is 289 g/mol. The molecule has 1 aromatic carbocycles. The normalized spacial score (nSPS) is 10.1. The maximum atomic E-state index is 12.0. The largest absolute Gasteiger partial charge is 0.369 e. The second kappa shape index (κ2) is 5.41. The number of non-ortho nitro benzene ring substituents is 1. The Kier molecular flexibility index (Phi) is 3.65. The zero-order valence-electron chi connectivity index (χ0n) is 10.9. The first-order valence-electron chi connectivity index (χ1n) is 5.80. The van der Waals surface area contributed by atoms with Crippen LogP contribution in [0.3, 0.4) is 0 Å². The molecule has 1 aromatic heterocycles. The van der Waals surface area contributed by atoms with Crippen molar-refractivity contribution in [3.8, 4) is 0 Å². The van der Waals surface area contributed by atoms with Crippen LogP contribution in [0, 0.1) is 17.0 Å². The number of nitrogens with one attached hydrogen (secondary N) is 2. The van der Waals surface area contributed by atoms with E-state index in [0.717, 1.165) is 0 Å². The summed E-state index contributed by atoms with van der Waals surface area (Å²) < 4.78 is 0. The van der Waals surface area contributed by atoms with Gasteiger partial charge in [0, 0.05) is 17.7 Å². The third-order valence-electron chi connectivity index (χ3n) is 2.70. The van der Waals surface area contributed by atoms with Crippen molar-refractivity contribution in [1.82, 2.24) is 9.97 Å². The number of nitrogens with two attached hydrogens (primary N) is 1. The molecule has 0 spiro atoms. The van der Waals surface area contributed by atoms with E-state index in [1.54, 1.807) is 0 Å². The van der Waals surface area contributed by atoms with E-state index >= 15 is 0 Å². The molecule has 108 valence electrons. The van der Waals surface area contributed by atoms with E-state index in [9.17, 15) is 19.7 Å². The molecule has 1 amide bonds. The molecule has 0 bridgehead atoms. The van der Waals surface area contributed by atoms with Gasteiger partial charge >= 0.3 is 0 Å². The second-order valence-corrected chi connectivity index (χ2v) is 4.17. The van der Waals surface area contributed by atoms with Crippen molar-refractivity contribution in [2.45, 2.75) is 6.92 Å². The number of nitrogens with zero attached hydrogens (tertiary/aromatic N) is 2. The van der Waals surface area contributed by atoms with Crippen LogP contribution in [0.2, 0.25) is 0 Å². The fraction of sp³-hybridized carbons (Fsp3) is 0.0833. The lowest BCUT2D eigenvalue weighted by atomic mass is 10.2. The minimum absolute atomic E-state index is 0.0208. The molecule has 21 heavy (non-hydrogen) atoms. The maximum Gasteiger partial charge on any atom is 0.276 e. The van der Waals surface area contributed by atoms with Crippen molar-refractivity contribution in [1.29, 1.82) is 0 Å². The van der Waals surface area contributed by atoms with Crippen LogP contribution in [-0.4, -0.2) is 20.8 Å². The number of H-pyrrole nitrogens is 1.